The van der Waals surface area contributed by atoms with Gasteiger partial charge in [-0.3, -0.25) is 19.3 Å². The summed E-state index contributed by atoms with van der Waals surface area (Å²) in [4.78, 5) is 37.4. The van der Waals surface area contributed by atoms with Gasteiger partial charge in [-0.15, -0.1) is 0 Å². The van der Waals surface area contributed by atoms with E-state index in [1.165, 1.54) is 12.4 Å². The van der Waals surface area contributed by atoms with E-state index < -0.39 is 20.4 Å². The van der Waals surface area contributed by atoms with Crippen LogP contribution < -0.4 is 4.89 Å². The van der Waals surface area contributed by atoms with E-state index in [0.29, 0.717) is 12.1 Å². The Morgan fingerprint density at radius 2 is 2.27 bits per heavy atom. The van der Waals surface area contributed by atoms with Crippen LogP contribution in [0.5, 0.6) is 5.75 Å². The monoisotopic (exact) mass is 331 g/mol. The molecule has 0 saturated heterocycles. The van der Waals surface area contributed by atoms with Gasteiger partial charge >= 0.3 is 5.97 Å². The minimum absolute atomic E-state index is 0.0292. The molecule has 22 heavy (non-hydrogen) atoms. The van der Waals surface area contributed by atoms with Crippen molar-refractivity contribution in [3.05, 3.63) is 23.0 Å². The molecule has 3 N–H and O–H groups in total. The van der Waals surface area contributed by atoms with Gasteiger partial charge in [0.2, 0.25) is 0 Å². The van der Waals surface area contributed by atoms with Crippen LogP contribution >= 0.6 is 7.82 Å². The van der Waals surface area contributed by atoms with Crippen LogP contribution in [-0.4, -0.2) is 38.8 Å². The third-order valence-corrected chi connectivity index (χ3v) is 3.09. The van der Waals surface area contributed by atoms with E-state index in [9.17, 15) is 19.4 Å². The highest BCUT2D eigenvalue weighted by Crippen LogP contribution is 2.33. The Morgan fingerprint density at radius 3 is 2.86 bits per heavy atom. The second-order valence-electron chi connectivity index (χ2n) is 4.41. The number of hydrogen-bond donors (Lipinski definition) is 3. The topological polar surface area (TPSA) is 152 Å². The molecule has 1 atom stereocenters. The van der Waals surface area contributed by atoms with Gasteiger partial charge in [0, 0.05) is 36.5 Å². The number of phosphoric acid groups is 1. The van der Waals surface area contributed by atoms with E-state index in [1.54, 1.807) is 6.92 Å². The third-order valence-electron chi connectivity index (χ3n) is 2.64. The van der Waals surface area contributed by atoms with Crippen LogP contribution in [0.15, 0.2) is 11.2 Å². The number of hydrogen-bond acceptors (Lipinski definition) is 7. The van der Waals surface area contributed by atoms with Gasteiger partial charge in [-0.1, -0.05) is 0 Å². The Bertz CT molecular complexity index is 612. The number of aryl methyl sites for hydroxylation is 1. The number of aromatic nitrogens is 1. The Kier molecular flexibility index (Phi) is 6.63. The van der Waals surface area contributed by atoms with E-state index in [4.69, 9.17) is 10.00 Å². The van der Waals surface area contributed by atoms with Crippen molar-refractivity contribution in [1.29, 1.82) is 0 Å². The summed E-state index contributed by atoms with van der Waals surface area (Å²) in [5.41, 5.74) is 0.733. The standard InChI is InChI=1S/C12H17N2O7P/c1-8-12(17)10(6-13-4-2-3-11(15)16)9(5-14-8)7-21-22(18,19)20/h5-6,17H,2-4,7H2,1H3,(H,15,16)(H2,18,19,20)/p-1. The largest absolute Gasteiger partial charge is 0.756 e. The summed E-state index contributed by atoms with van der Waals surface area (Å²) in [5, 5.41) is 18.4. The second kappa shape index (κ2) is 8.00. The molecule has 1 rings (SSSR count). The smallest absolute Gasteiger partial charge is 0.303 e. The minimum Gasteiger partial charge on any atom is -0.756 e. The first-order valence-electron chi connectivity index (χ1n) is 6.28. The Hall–Kier alpha value is -1.80. The molecule has 0 aliphatic carbocycles. The minimum atomic E-state index is -4.89. The van der Waals surface area contributed by atoms with Crippen molar-refractivity contribution in [3.63, 3.8) is 0 Å². The number of aliphatic carboxylic acids is 1. The average molecular weight is 331 g/mol. The zero-order chi connectivity index (χ0) is 16.8. The molecule has 1 aromatic rings. The Labute approximate surface area is 126 Å². The van der Waals surface area contributed by atoms with Crippen molar-refractivity contribution in [3.8, 4) is 5.75 Å². The van der Waals surface area contributed by atoms with E-state index in [0.717, 1.165) is 0 Å². The van der Waals surface area contributed by atoms with Gasteiger partial charge in [0.25, 0.3) is 7.82 Å². The lowest BCUT2D eigenvalue weighted by Gasteiger charge is -2.16. The third kappa shape index (κ3) is 6.31. The van der Waals surface area contributed by atoms with E-state index in [-0.39, 0.29) is 29.8 Å². The molecule has 1 heterocycles. The molecule has 0 bridgehead atoms. The van der Waals surface area contributed by atoms with Gasteiger partial charge in [0.15, 0.2) is 0 Å². The lowest BCUT2D eigenvalue weighted by Crippen LogP contribution is -2.06. The summed E-state index contributed by atoms with van der Waals surface area (Å²) in [6.45, 7) is 1.27. The molecular weight excluding hydrogens is 315 g/mol. The molecule has 9 nitrogen and oxygen atoms in total. The van der Waals surface area contributed by atoms with E-state index in [1.807, 2.05) is 0 Å². The van der Waals surface area contributed by atoms with Crippen molar-refractivity contribution in [1.82, 2.24) is 4.98 Å². The predicted octanol–water partition coefficient (Wildman–Crippen LogP) is 0.357. The first kappa shape index (κ1) is 18.2. The predicted molar refractivity (Wildman–Crippen MR) is 74.6 cm³/mol. The van der Waals surface area contributed by atoms with Crippen molar-refractivity contribution >= 4 is 20.0 Å². The molecule has 1 aromatic heterocycles. The maximum atomic E-state index is 10.6. The van der Waals surface area contributed by atoms with Crippen LogP contribution in [0.3, 0.4) is 0 Å². The van der Waals surface area contributed by atoms with Gasteiger partial charge in [0.1, 0.15) is 5.75 Å². The van der Waals surface area contributed by atoms with Gasteiger partial charge < -0.3 is 24.5 Å². The molecule has 10 heteroatoms. The number of pyridine rings is 1. The van der Waals surface area contributed by atoms with Crippen molar-refractivity contribution in [2.75, 3.05) is 6.54 Å². The molecule has 0 amide bonds. The zero-order valence-electron chi connectivity index (χ0n) is 11.8. The molecule has 0 spiro atoms. The number of carboxylic acid groups (broad SMARTS) is 1. The lowest BCUT2D eigenvalue weighted by molar-refractivity contribution is -0.221. The summed E-state index contributed by atoms with van der Waals surface area (Å²) in [5.74, 6) is -1.12. The van der Waals surface area contributed by atoms with Crippen LogP contribution in [-0.2, 0) is 20.5 Å². The van der Waals surface area contributed by atoms with Crippen LogP contribution in [0.2, 0.25) is 0 Å². The van der Waals surface area contributed by atoms with Crippen LogP contribution in [0.4, 0.5) is 0 Å². The molecule has 0 radical (unpaired) electrons. The van der Waals surface area contributed by atoms with Gasteiger partial charge in [-0.25, -0.2) is 0 Å². The quantitative estimate of drug-likeness (QED) is 0.350. The van der Waals surface area contributed by atoms with Crippen molar-refractivity contribution in [2.24, 2.45) is 4.99 Å². The number of phosphoric ester groups is 1. The highest BCUT2D eigenvalue weighted by atomic mass is 31.2. The van der Waals surface area contributed by atoms with Crippen LogP contribution in [0.1, 0.15) is 29.7 Å². The summed E-state index contributed by atoms with van der Waals surface area (Å²) >= 11 is 0. The molecule has 0 saturated carbocycles. The molecule has 0 aliphatic heterocycles. The molecular formula is C12H16N2O7P-. The lowest BCUT2D eigenvalue weighted by atomic mass is 10.1. The molecule has 1 unspecified atom stereocenters. The molecule has 0 aliphatic rings. The normalized spacial score (nSPS) is 14.1. The molecule has 122 valence electrons. The zero-order valence-corrected chi connectivity index (χ0v) is 12.7. The highest BCUT2D eigenvalue weighted by Gasteiger charge is 2.12. The van der Waals surface area contributed by atoms with E-state index >= 15 is 0 Å². The first-order valence-corrected chi connectivity index (χ1v) is 7.77. The number of aliphatic imine (C=N–C) groups is 1. The second-order valence-corrected chi connectivity index (χ2v) is 5.60. The summed E-state index contributed by atoms with van der Waals surface area (Å²) in [6, 6.07) is 0. The fourth-order valence-electron chi connectivity index (χ4n) is 1.54. The fraction of sp³-hybridized carbons (Fsp3) is 0.417. The number of nitrogens with zero attached hydrogens (tertiary/aromatic N) is 2. The van der Waals surface area contributed by atoms with Gasteiger partial charge in [0.05, 0.1) is 12.3 Å². The summed E-state index contributed by atoms with van der Waals surface area (Å²) in [6.07, 6.45) is 2.88. The highest BCUT2D eigenvalue weighted by molar-refractivity contribution is 7.44. The number of carbonyl (C=O) groups is 1. The van der Waals surface area contributed by atoms with Gasteiger partial charge in [-0.2, -0.15) is 0 Å². The van der Waals surface area contributed by atoms with Crippen molar-refractivity contribution < 1.29 is 33.9 Å². The van der Waals surface area contributed by atoms with Crippen LogP contribution in [0.25, 0.3) is 0 Å². The fourth-order valence-corrected chi connectivity index (χ4v) is 1.84. The van der Waals surface area contributed by atoms with E-state index in [2.05, 4.69) is 14.5 Å². The van der Waals surface area contributed by atoms with Gasteiger partial charge in [-0.05, 0) is 13.3 Å². The summed E-state index contributed by atoms with van der Waals surface area (Å²) in [7, 11) is -4.89. The average Bonchev–Trinajstić information content (AvgIpc) is 2.40. The Balaban J connectivity index is 2.85. The number of aromatic hydroxyl groups is 1. The maximum Gasteiger partial charge on any atom is 0.303 e. The SMILES string of the molecule is Cc1ncc(COP(=O)([O-])O)c(C=NCCCC(=O)O)c1O. The van der Waals surface area contributed by atoms with Crippen molar-refractivity contribution in [2.45, 2.75) is 26.4 Å². The molecule has 0 fully saturated rings. The number of rotatable bonds is 8. The van der Waals surface area contributed by atoms with Crippen LogP contribution in [0, 0.1) is 6.92 Å². The summed E-state index contributed by atoms with van der Waals surface area (Å²) < 4.78 is 14.9. The molecule has 0 aromatic carbocycles. The number of carboxylic acids is 1. The maximum absolute atomic E-state index is 10.6. The Morgan fingerprint density at radius 1 is 1.59 bits per heavy atom. The first-order chi connectivity index (χ1) is 10.2.